The Hall–Kier alpha value is -2.22. The molecule has 136 valence electrons. The second kappa shape index (κ2) is 7.35. The molecule has 3 rings (SSSR count). The van der Waals surface area contributed by atoms with Gasteiger partial charge in [0.1, 0.15) is 19.2 Å². The van der Waals surface area contributed by atoms with E-state index < -0.39 is 0 Å². The fraction of sp³-hybridized carbons (Fsp3) is 0.647. The summed E-state index contributed by atoms with van der Waals surface area (Å²) in [6.45, 7) is 7.50. The van der Waals surface area contributed by atoms with Gasteiger partial charge in [0.15, 0.2) is 0 Å². The van der Waals surface area contributed by atoms with Crippen molar-refractivity contribution in [3.63, 3.8) is 0 Å². The molecule has 0 bridgehead atoms. The fourth-order valence-corrected chi connectivity index (χ4v) is 3.82. The third-order valence-electron chi connectivity index (χ3n) is 5.49. The highest BCUT2D eigenvalue weighted by atomic mass is 16.2. The summed E-state index contributed by atoms with van der Waals surface area (Å²) in [5, 5.41) is 7.49. The van der Waals surface area contributed by atoms with Crippen LogP contribution < -0.4 is 0 Å². The number of carbonyl (C=O) groups is 2. The van der Waals surface area contributed by atoms with Crippen molar-refractivity contribution in [3.8, 4) is 0 Å². The van der Waals surface area contributed by atoms with Crippen LogP contribution in [0.25, 0.3) is 0 Å². The lowest BCUT2D eigenvalue weighted by molar-refractivity contribution is -0.137. The first-order valence-electron chi connectivity index (χ1n) is 8.74. The molecule has 1 unspecified atom stereocenters. The third-order valence-corrected chi connectivity index (χ3v) is 5.49. The number of rotatable bonds is 4. The molecule has 8 heteroatoms. The van der Waals surface area contributed by atoms with Gasteiger partial charge in [0.05, 0.1) is 0 Å². The van der Waals surface area contributed by atoms with Crippen molar-refractivity contribution >= 4 is 11.8 Å². The van der Waals surface area contributed by atoms with Gasteiger partial charge < -0.3 is 14.4 Å². The topological polar surface area (TPSA) is 74.6 Å². The molecule has 2 saturated heterocycles. The molecule has 1 spiro atoms. The molecule has 8 nitrogen and oxygen atoms in total. The summed E-state index contributed by atoms with van der Waals surface area (Å²) in [5.74, 6) is 0.254. The van der Waals surface area contributed by atoms with Gasteiger partial charge >= 0.3 is 0 Å². The highest BCUT2D eigenvalue weighted by Gasteiger charge is 2.43. The summed E-state index contributed by atoms with van der Waals surface area (Å²) >= 11 is 0. The van der Waals surface area contributed by atoms with Gasteiger partial charge in [-0.05, 0) is 19.9 Å². The zero-order chi connectivity index (χ0) is 17.9. The molecular formula is C17H26N6O2. The van der Waals surface area contributed by atoms with E-state index in [0.717, 1.165) is 19.4 Å². The van der Waals surface area contributed by atoms with E-state index in [1.54, 1.807) is 23.3 Å². The Labute approximate surface area is 148 Å². The van der Waals surface area contributed by atoms with E-state index in [9.17, 15) is 9.59 Å². The predicted octanol–water partition coefficient (Wildman–Crippen LogP) is -0.0106. The van der Waals surface area contributed by atoms with Gasteiger partial charge in [0.25, 0.3) is 0 Å². The molecule has 0 radical (unpaired) electrons. The zero-order valence-electron chi connectivity index (χ0n) is 14.8. The molecule has 1 aromatic heterocycles. The molecule has 2 aliphatic rings. The monoisotopic (exact) mass is 346 g/mol. The minimum atomic E-state index is -0.132. The molecule has 0 aliphatic carbocycles. The maximum atomic E-state index is 12.7. The van der Waals surface area contributed by atoms with Crippen LogP contribution in [-0.4, -0.2) is 86.6 Å². The third kappa shape index (κ3) is 3.73. The average Bonchev–Trinajstić information content (AvgIpc) is 3.06. The maximum Gasteiger partial charge on any atom is 0.242 e. The van der Waals surface area contributed by atoms with Gasteiger partial charge in [-0.25, -0.2) is 0 Å². The van der Waals surface area contributed by atoms with Gasteiger partial charge in [-0.2, -0.15) is 0 Å². The quantitative estimate of drug-likeness (QED) is 0.717. The predicted molar refractivity (Wildman–Crippen MR) is 92.6 cm³/mol. The van der Waals surface area contributed by atoms with Crippen LogP contribution in [0.4, 0.5) is 0 Å². The summed E-state index contributed by atoms with van der Waals surface area (Å²) < 4.78 is 1.69. The number of hydrogen-bond acceptors (Lipinski definition) is 5. The number of likely N-dealkylation sites (N-methyl/N-ethyl adjacent to an activating group) is 1. The molecule has 2 aliphatic heterocycles. The normalized spacial score (nSPS) is 25.2. The van der Waals surface area contributed by atoms with Gasteiger partial charge in [-0.3, -0.25) is 14.5 Å². The fourth-order valence-electron chi connectivity index (χ4n) is 3.82. The van der Waals surface area contributed by atoms with E-state index in [-0.39, 0.29) is 23.9 Å². The molecular weight excluding hydrogens is 320 g/mol. The van der Waals surface area contributed by atoms with E-state index in [1.165, 1.54) is 0 Å². The molecule has 3 heterocycles. The van der Waals surface area contributed by atoms with Crippen LogP contribution in [0.2, 0.25) is 0 Å². The second-order valence-corrected chi connectivity index (χ2v) is 6.97. The lowest BCUT2D eigenvalue weighted by Gasteiger charge is -2.49. The van der Waals surface area contributed by atoms with E-state index in [2.05, 4.69) is 28.7 Å². The number of piperazine rings is 1. The van der Waals surface area contributed by atoms with Gasteiger partial charge in [0, 0.05) is 44.7 Å². The van der Waals surface area contributed by atoms with Gasteiger partial charge in [0.2, 0.25) is 11.8 Å². The number of nitrogens with zero attached hydrogens (tertiary/aromatic N) is 6. The molecule has 2 fully saturated rings. The number of hydrogen-bond donors (Lipinski definition) is 0. The van der Waals surface area contributed by atoms with Crippen molar-refractivity contribution in [3.05, 3.63) is 25.3 Å². The largest absolute Gasteiger partial charge is 0.339 e. The smallest absolute Gasteiger partial charge is 0.242 e. The van der Waals surface area contributed by atoms with Crippen LogP contribution in [-0.2, 0) is 16.1 Å². The number of likely N-dealkylation sites (tertiary alicyclic amines) is 1. The van der Waals surface area contributed by atoms with E-state index in [4.69, 9.17) is 0 Å². The lowest BCUT2D eigenvalue weighted by atomic mass is 9.86. The highest BCUT2D eigenvalue weighted by Crippen LogP contribution is 2.32. The van der Waals surface area contributed by atoms with E-state index >= 15 is 0 Å². The Morgan fingerprint density at radius 3 is 2.76 bits per heavy atom. The summed E-state index contributed by atoms with van der Waals surface area (Å²) in [6, 6.07) is 0. The molecule has 1 aromatic rings. The number of carbonyl (C=O) groups excluding carboxylic acids is 2. The molecule has 0 N–H and O–H groups in total. The summed E-state index contributed by atoms with van der Waals surface area (Å²) in [7, 11) is 2.11. The Morgan fingerprint density at radius 1 is 1.28 bits per heavy atom. The van der Waals surface area contributed by atoms with E-state index in [1.807, 2.05) is 9.80 Å². The van der Waals surface area contributed by atoms with Crippen molar-refractivity contribution in [1.29, 1.82) is 0 Å². The number of amides is 2. The van der Waals surface area contributed by atoms with Crippen molar-refractivity contribution in [2.75, 3.05) is 39.8 Å². The van der Waals surface area contributed by atoms with Crippen LogP contribution in [0.1, 0.15) is 19.3 Å². The van der Waals surface area contributed by atoms with E-state index in [0.29, 0.717) is 32.6 Å². The Kier molecular flexibility index (Phi) is 5.17. The highest BCUT2D eigenvalue weighted by molar-refractivity contribution is 5.77. The van der Waals surface area contributed by atoms with Crippen molar-refractivity contribution in [2.24, 2.45) is 0 Å². The Bertz CT molecular complexity index is 631. The van der Waals surface area contributed by atoms with Gasteiger partial charge in [-0.15, -0.1) is 16.8 Å². The standard InChI is InChI=1S/C17H26N6O2/c1-3-7-22-8-6-17(5-4-15(22)24)12-23(10-9-20(17)2)16(25)11-21-13-18-19-14-21/h3,13-14H,1,4-12H2,2H3. The zero-order valence-corrected chi connectivity index (χ0v) is 14.8. The first-order chi connectivity index (χ1) is 12.0. The second-order valence-electron chi connectivity index (χ2n) is 6.97. The minimum absolute atomic E-state index is 0.0748. The minimum Gasteiger partial charge on any atom is -0.339 e. The number of aromatic nitrogens is 3. The Balaban J connectivity index is 1.70. The first-order valence-corrected chi connectivity index (χ1v) is 8.74. The molecule has 0 saturated carbocycles. The molecule has 1 atom stereocenters. The lowest BCUT2D eigenvalue weighted by Crippen LogP contribution is -2.62. The van der Waals surface area contributed by atoms with Crippen LogP contribution in [0.15, 0.2) is 25.3 Å². The first kappa shape index (κ1) is 17.6. The van der Waals surface area contributed by atoms with Crippen molar-refractivity contribution in [2.45, 2.75) is 31.3 Å². The summed E-state index contributed by atoms with van der Waals surface area (Å²) in [4.78, 5) is 31.1. The van der Waals surface area contributed by atoms with Crippen LogP contribution in [0, 0.1) is 0 Å². The summed E-state index contributed by atoms with van der Waals surface area (Å²) in [5.41, 5.74) is -0.132. The maximum absolute atomic E-state index is 12.7. The Morgan fingerprint density at radius 2 is 2.04 bits per heavy atom. The molecule has 0 aromatic carbocycles. The molecule has 2 amide bonds. The van der Waals surface area contributed by atoms with Crippen LogP contribution in [0.5, 0.6) is 0 Å². The van der Waals surface area contributed by atoms with Crippen LogP contribution >= 0.6 is 0 Å². The average molecular weight is 346 g/mol. The van der Waals surface area contributed by atoms with Crippen LogP contribution in [0.3, 0.4) is 0 Å². The summed E-state index contributed by atoms with van der Waals surface area (Å²) in [6.07, 6.45) is 7.06. The van der Waals surface area contributed by atoms with Crippen molar-refractivity contribution < 1.29 is 9.59 Å². The van der Waals surface area contributed by atoms with Gasteiger partial charge in [-0.1, -0.05) is 6.08 Å². The SMILES string of the molecule is C=CCN1CCC2(CCC1=O)CN(C(=O)Cn1cnnc1)CCN2C. The molecule has 25 heavy (non-hydrogen) atoms. The van der Waals surface area contributed by atoms with Crippen molar-refractivity contribution in [1.82, 2.24) is 29.5 Å².